The first kappa shape index (κ1) is 9.50. The Morgan fingerprint density at radius 3 is 2.46 bits per heavy atom. The number of aromatic amines is 2. The Balaban J connectivity index is 2.92. The number of hydrogen-bond donors (Lipinski definition) is 2. The largest absolute Gasteiger partial charge is 0.365 e. The lowest BCUT2D eigenvalue weighted by molar-refractivity contribution is 0.726. The van der Waals surface area contributed by atoms with Crippen LogP contribution < -0.4 is 11.4 Å². The predicted octanol–water partition coefficient (Wildman–Crippen LogP) is -0.255. The van der Waals surface area contributed by atoms with Crippen molar-refractivity contribution in [1.82, 2.24) is 14.9 Å². The fourth-order valence-electron chi connectivity index (χ4n) is 0.696. The van der Waals surface area contributed by atoms with Crippen LogP contribution in [0.25, 0.3) is 0 Å². The molecular weight excluding hydrogens is 172 g/mol. The summed E-state index contributed by atoms with van der Waals surface area (Å²) in [5.74, 6) is 0.251. The van der Waals surface area contributed by atoms with Gasteiger partial charge in [-0.25, -0.2) is 19.8 Å². The molecule has 0 radical (unpaired) electrons. The van der Waals surface area contributed by atoms with Crippen LogP contribution in [0.5, 0.6) is 0 Å². The standard InChI is InChI=1S/C7H12N4O2/c1-3-5(2)4-8-11-6(12)9-10-7(11)13/h4-5H,3H2,1-2H3,(H,9,12)(H,10,13)/b8-4+. The van der Waals surface area contributed by atoms with Crippen LogP contribution in [0.3, 0.4) is 0 Å². The molecule has 1 atom stereocenters. The number of rotatable bonds is 3. The zero-order valence-corrected chi connectivity index (χ0v) is 7.57. The molecule has 1 unspecified atom stereocenters. The van der Waals surface area contributed by atoms with Gasteiger partial charge in [-0.1, -0.05) is 13.8 Å². The minimum atomic E-state index is -0.551. The minimum Gasteiger partial charge on any atom is -0.246 e. The van der Waals surface area contributed by atoms with Gasteiger partial charge in [-0.2, -0.15) is 5.10 Å². The van der Waals surface area contributed by atoms with Crippen molar-refractivity contribution in [3.8, 4) is 0 Å². The van der Waals surface area contributed by atoms with Gasteiger partial charge in [0.1, 0.15) is 0 Å². The van der Waals surface area contributed by atoms with Crippen LogP contribution in [0, 0.1) is 5.92 Å². The van der Waals surface area contributed by atoms with Gasteiger partial charge >= 0.3 is 11.4 Å². The summed E-state index contributed by atoms with van der Waals surface area (Å²) in [6, 6.07) is 0. The van der Waals surface area contributed by atoms with E-state index in [0.717, 1.165) is 11.1 Å². The third kappa shape index (κ3) is 2.17. The molecule has 0 aliphatic rings. The van der Waals surface area contributed by atoms with Gasteiger partial charge in [-0.3, -0.25) is 0 Å². The van der Waals surface area contributed by atoms with Gasteiger partial charge in [0.05, 0.1) is 0 Å². The van der Waals surface area contributed by atoms with Gasteiger partial charge in [0.15, 0.2) is 0 Å². The number of H-pyrrole nitrogens is 2. The molecule has 0 saturated heterocycles. The first-order chi connectivity index (χ1) is 6.15. The molecule has 6 heteroatoms. The summed E-state index contributed by atoms with van der Waals surface area (Å²) in [5.41, 5.74) is -1.10. The molecule has 0 amide bonds. The molecule has 2 N–H and O–H groups in total. The summed E-state index contributed by atoms with van der Waals surface area (Å²) in [6.45, 7) is 3.95. The fraction of sp³-hybridized carbons (Fsp3) is 0.571. The molecule has 72 valence electrons. The maximum absolute atomic E-state index is 10.9. The van der Waals surface area contributed by atoms with E-state index < -0.39 is 11.4 Å². The molecule has 0 spiro atoms. The van der Waals surface area contributed by atoms with E-state index in [4.69, 9.17) is 0 Å². The zero-order chi connectivity index (χ0) is 9.84. The highest BCUT2D eigenvalue weighted by Crippen LogP contribution is 1.94. The first-order valence-corrected chi connectivity index (χ1v) is 4.09. The monoisotopic (exact) mass is 184 g/mol. The van der Waals surface area contributed by atoms with Crippen molar-refractivity contribution in [3.05, 3.63) is 21.0 Å². The topological polar surface area (TPSA) is 83.0 Å². The summed E-state index contributed by atoms with van der Waals surface area (Å²) in [5, 5.41) is 8.01. The summed E-state index contributed by atoms with van der Waals surface area (Å²) in [7, 11) is 0. The lowest BCUT2D eigenvalue weighted by Crippen LogP contribution is -2.22. The van der Waals surface area contributed by atoms with Gasteiger partial charge in [0.25, 0.3) is 0 Å². The second-order valence-corrected chi connectivity index (χ2v) is 2.82. The highest BCUT2D eigenvalue weighted by atomic mass is 16.2. The van der Waals surface area contributed by atoms with E-state index in [-0.39, 0.29) is 5.92 Å². The zero-order valence-electron chi connectivity index (χ0n) is 7.57. The Bertz CT molecular complexity index is 370. The van der Waals surface area contributed by atoms with Crippen LogP contribution in [-0.4, -0.2) is 21.1 Å². The molecule has 1 rings (SSSR count). The highest BCUT2D eigenvalue weighted by molar-refractivity contribution is 5.59. The third-order valence-corrected chi connectivity index (χ3v) is 1.74. The Kier molecular flexibility index (Phi) is 2.84. The molecule has 0 aliphatic carbocycles. The maximum atomic E-state index is 10.9. The third-order valence-electron chi connectivity index (χ3n) is 1.74. The van der Waals surface area contributed by atoms with Crippen LogP contribution in [0.4, 0.5) is 0 Å². The van der Waals surface area contributed by atoms with Gasteiger partial charge in [0.2, 0.25) is 0 Å². The molecule has 0 saturated carbocycles. The van der Waals surface area contributed by atoms with Crippen molar-refractivity contribution in [2.75, 3.05) is 0 Å². The number of nitrogens with zero attached hydrogens (tertiary/aromatic N) is 2. The first-order valence-electron chi connectivity index (χ1n) is 4.09. The van der Waals surface area contributed by atoms with Crippen LogP contribution in [0.1, 0.15) is 20.3 Å². The lowest BCUT2D eigenvalue weighted by atomic mass is 10.1. The van der Waals surface area contributed by atoms with E-state index in [2.05, 4.69) is 15.3 Å². The van der Waals surface area contributed by atoms with Crippen molar-refractivity contribution in [2.24, 2.45) is 11.0 Å². The van der Waals surface area contributed by atoms with E-state index in [0.29, 0.717) is 0 Å². The van der Waals surface area contributed by atoms with Crippen LogP contribution in [-0.2, 0) is 0 Å². The van der Waals surface area contributed by atoms with Gasteiger partial charge in [0, 0.05) is 6.21 Å². The molecule has 0 aromatic carbocycles. The lowest BCUT2D eigenvalue weighted by Gasteiger charge is -1.96. The molecule has 6 nitrogen and oxygen atoms in total. The van der Waals surface area contributed by atoms with Crippen LogP contribution in [0.15, 0.2) is 14.7 Å². The summed E-state index contributed by atoms with van der Waals surface area (Å²) < 4.78 is 0.756. The van der Waals surface area contributed by atoms with Crippen molar-refractivity contribution in [1.29, 1.82) is 0 Å². The van der Waals surface area contributed by atoms with Crippen molar-refractivity contribution >= 4 is 6.21 Å². The summed E-state index contributed by atoms with van der Waals surface area (Å²) >= 11 is 0. The van der Waals surface area contributed by atoms with Gasteiger partial charge in [-0.05, 0) is 12.3 Å². The second kappa shape index (κ2) is 3.88. The molecule has 1 heterocycles. The Morgan fingerprint density at radius 1 is 1.46 bits per heavy atom. The smallest absolute Gasteiger partial charge is 0.246 e. The average molecular weight is 184 g/mol. The van der Waals surface area contributed by atoms with Crippen molar-refractivity contribution < 1.29 is 0 Å². The Hall–Kier alpha value is -1.59. The second-order valence-electron chi connectivity index (χ2n) is 2.82. The summed E-state index contributed by atoms with van der Waals surface area (Å²) in [4.78, 5) is 21.8. The van der Waals surface area contributed by atoms with Gasteiger partial charge in [-0.15, -0.1) is 4.68 Å². The number of aromatic nitrogens is 3. The number of hydrogen-bond acceptors (Lipinski definition) is 3. The van der Waals surface area contributed by atoms with Crippen LogP contribution >= 0.6 is 0 Å². The van der Waals surface area contributed by atoms with Crippen molar-refractivity contribution in [3.63, 3.8) is 0 Å². The van der Waals surface area contributed by atoms with Gasteiger partial charge < -0.3 is 0 Å². The fourth-order valence-corrected chi connectivity index (χ4v) is 0.696. The average Bonchev–Trinajstić information content (AvgIpc) is 2.43. The Labute approximate surface area is 74.3 Å². The number of nitrogens with one attached hydrogen (secondary N) is 2. The Morgan fingerprint density at radius 2 is 2.00 bits per heavy atom. The molecule has 0 fully saturated rings. The van der Waals surface area contributed by atoms with Crippen molar-refractivity contribution in [2.45, 2.75) is 20.3 Å². The molecule has 0 aliphatic heterocycles. The molecule has 1 aromatic rings. The molecule has 0 bridgehead atoms. The van der Waals surface area contributed by atoms with E-state index in [1.54, 1.807) is 6.21 Å². The highest BCUT2D eigenvalue weighted by Gasteiger charge is 1.99. The molecule has 13 heavy (non-hydrogen) atoms. The minimum absolute atomic E-state index is 0.251. The summed E-state index contributed by atoms with van der Waals surface area (Å²) in [6.07, 6.45) is 2.49. The normalized spacial score (nSPS) is 13.7. The quantitative estimate of drug-likeness (QED) is 0.634. The van der Waals surface area contributed by atoms with E-state index in [9.17, 15) is 9.59 Å². The van der Waals surface area contributed by atoms with E-state index in [1.807, 2.05) is 13.8 Å². The van der Waals surface area contributed by atoms with E-state index >= 15 is 0 Å². The SMILES string of the molecule is CCC(C)/C=N/n1c(=O)[nH][nH]c1=O. The molecule has 1 aromatic heterocycles. The predicted molar refractivity (Wildman–Crippen MR) is 49.0 cm³/mol. The van der Waals surface area contributed by atoms with E-state index in [1.165, 1.54) is 0 Å². The van der Waals surface area contributed by atoms with Crippen LogP contribution in [0.2, 0.25) is 0 Å². The maximum Gasteiger partial charge on any atom is 0.365 e. The molecular formula is C7H12N4O2.